The highest BCUT2D eigenvalue weighted by molar-refractivity contribution is 7.47. The first-order chi connectivity index (χ1) is 47.8. The van der Waals surface area contributed by atoms with E-state index in [4.69, 9.17) is 37.0 Å². The van der Waals surface area contributed by atoms with E-state index >= 15 is 0 Å². The van der Waals surface area contributed by atoms with Gasteiger partial charge in [0.1, 0.15) is 19.3 Å². The molecule has 0 aromatic carbocycles. The summed E-state index contributed by atoms with van der Waals surface area (Å²) in [6.07, 6.45) is 58.4. The first kappa shape index (κ1) is 97.1. The fraction of sp³-hybridized carbons (Fsp3) is 0.950. The molecule has 0 aromatic heterocycles. The van der Waals surface area contributed by atoms with Crippen LogP contribution in [0.15, 0.2) is 0 Å². The van der Waals surface area contributed by atoms with E-state index in [1.54, 1.807) is 0 Å². The second-order valence-corrected chi connectivity index (χ2v) is 32.9. The summed E-state index contributed by atoms with van der Waals surface area (Å²) in [6.45, 7) is 11.9. The number of hydrogen-bond acceptors (Lipinski definition) is 15. The molecule has 0 saturated heterocycles. The Labute approximate surface area is 607 Å². The topological polar surface area (TPSA) is 237 Å². The summed E-state index contributed by atoms with van der Waals surface area (Å²) in [6, 6.07) is 0. The predicted octanol–water partition coefficient (Wildman–Crippen LogP) is 23.7. The monoisotopic (exact) mass is 1450 g/mol. The average Bonchev–Trinajstić information content (AvgIpc) is 0.941. The summed E-state index contributed by atoms with van der Waals surface area (Å²) in [5.41, 5.74) is 0. The van der Waals surface area contributed by atoms with Crippen LogP contribution < -0.4 is 0 Å². The van der Waals surface area contributed by atoms with E-state index in [0.717, 1.165) is 114 Å². The third-order valence-corrected chi connectivity index (χ3v) is 20.9. The van der Waals surface area contributed by atoms with Gasteiger partial charge in [0.15, 0.2) is 12.2 Å². The van der Waals surface area contributed by atoms with Crippen LogP contribution in [-0.2, 0) is 65.4 Å². The summed E-state index contributed by atoms with van der Waals surface area (Å²) >= 11 is 0. The zero-order valence-electron chi connectivity index (χ0n) is 65.0. The lowest BCUT2D eigenvalue weighted by molar-refractivity contribution is -0.161. The maximum Gasteiger partial charge on any atom is 0.472 e. The molecule has 588 valence electrons. The third kappa shape index (κ3) is 72.8. The highest BCUT2D eigenvalue weighted by Crippen LogP contribution is 2.45. The summed E-state index contributed by atoms with van der Waals surface area (Å²) in [5, 5.41) is 10.6. The molecule has 0 spiro atoms. The molecule has 0 rings (SSSR count). The smallest absolute Gasteiger partial charge is 0.462 e. The van der Waals surface area contributed by atoms with Crippen molar-refractivity contribution in [1.29, 1.82) is 0 Å². The number of ether oxygens (including phenoxy) is 4. The molecule has 0 aromatic rings. The van der Waals surface area contributed by atoms with E-state index in [0.29, 0.717) is 25.7 Å². The van der Waals surface area contributed by atoms with Gasteiger partial charge in [-0.1, -0.05) is 363 Å². The number of phosphoric acid groups is 2. The van der Waals surface area contributed by atoms with Crippen LogP contribution in [0.25, 0.3) is 0 Å². The number of aliphatic hydroxyl groups excluding tert-OH is 1. The molecule has 3 N–H and O–H groups in total. The first-order valence-electron chi connectivity index (χ1n) is 41.4. The van der Waals surface area contributed by atoms with Crippen molar-refractivity contribution in [2.24, 2.45) is 17.8 Å². The van der Waals surface area contributed by atoms with Gasteiger partial charge in [0.2, 0.25) is 0 Å². The second kappa shape index (κ2) is 70.4. The molecule has 3 unspecified atom stereocenters. The number of rotatable bonds is 78. The van der Waals surface area contributed by atoms with Crippen molar-refractivity contribution in [3.63, 3.8) is 0 Å². The zero-order valence-corrected chi connectivity index (χ0v) is 66.8. The van der Waals surface area contributed by atoms with Gasteiger partial charge in [0, 0.05) is 25.7 Å². The van der Waals surface area contributed by atoms with Gasteiger partial charge in [-0.05, 0) is 43.4 Å². The molecule has 0 bridgehead atoms. The Morgan fingerprint density at radius 2 is 0.515 bits per heavy atom. The van der Waals surface area contributed by atoms with Crippen molar-refractivity contribution in [3.05, 3.63) is 0 Å². The van der Waals surface area contributed by atoms with Crippen molar-refractivity contribution < 1.29 is 80.2 Å². The molecule has 0 aliphatic heterocycles. The van der Waals surface area contributed by atoms with Gasteiger partial charge in [-0.25, -0.2) is 9.13 Å². The Balaban J connectivity index is 5.23. The molecule has 0 saturated carbocycles. The standard InChI is InChI=1S/C80H156O17P2/c1-8-10-11-12-13-14-15-16-17-18-19-20-21-22-27-30-35-40-49-56-63-79(84)96-75(67-90-77(82)61-54-47-39-34-29-26-24-23-25-28-32-37-44-51-58-71(3)4)69-94-98(86,87)92-65-74(81)66-93-99(88,89)95-70-76(68-91-78(83)62-55-48-43-42-46-53-60-73(7)9-2)97-80(85)64-57-50-41-36-31-33-38-45-52-59-72(5)6/h71-76,81H,8-70H2,1-7H3,(H,86,87)(H,88,89)/t73?,74-,75-,76-/m1/s1. The zero-order chi connectivity index (χ0) is 73.0. The average molecular weight is 1450 g/mol. The number of esters is 4. The van der Waals surface area contributed by atoms with Gasteiger partial charge in [-0.3, -0.25) is 37.3 Å². The Kier molecular flexibility index (Phi) is 69.0. The van der Waals surface area contributed by atoms with Crippen LogP contribution in [0.3, 0.4) is 0 Å². The van der Waals surface area contributed by atoms with Crippen LogP contribution in [0.2, 0.25) is 0 Å². The molecule has 0 radical (unpaired) electrons. The molecule has 0 amide bonds. The normalized spacial score (nSPS) is 14.3. The third-order valence-electron chi connectivity index (χ3n) is 19.0. The van der Waals surface area contributed by atoms with E-state index in [9.17, 15) is 43.2 Å². The Bertz CT molecular complexity index is 1920. The lowest BCUT2D eigenvalue weighted by Crippen LogP contribution is -2.30. The maximum atomic E-state index is 13.1. The van der Waals surface area contributed by atoms with Gasteiger partial charge >= 0.3 is 39.5 Å². The van der Waals surface area contributed by atoms with Crippen molar-refractivity contribution in [1.82, 2.24) is 0 Å². The SMILES string of the molecule is CCCCCCCCCCCCCCCCCCCCCCC(=O)O[C@H](COC(=O)CCCCCCCCCCCCCCCCC(C)C)COP(=O)(O)OC[C@@H](O)COP(=O)(O)OC[C@@H](COC(=O)CCCCCCCCC(C)CC)OC(=O)CCCCCCCCCCCC(C)C. The number of carbonyl (C=O) groups excluding carboxylic acids is 4. The Hall–Kier alpha value is -1.94. The molecule has 0 heterocycles. The fourth-order valence-electron chi connectivity index (χ4n) is 12.3. The predicted molar refractivity (Wildman–Crippen MR) is 405 cm³/mol. The van der Waals surface area contributed by atoms with Gasteiger partial charge < -0.3 is 33.8 Å². The van der Waals surface area contributed by atoms with Crippen LogP contribution in [-0.4, -0.2) is 96.7 Å². The highest BCUT2D eigenvalue weighted by Gasteiger charge is 2.30. The molecular formula is C80H156O17P2. The lowest BCUT2D eigenvalue weighted by Gasteiger charge is -2.21. The Morgan fingerprint density at radius 1 is 0.293 bits per heavy atom. The summed E-state index contributed by atoms with van der Waals surface area (Å²) in [7, 11) is -9.92. The van der Waals surface area contributed by atoms with Crippen molar-refractivity contribution >= 4 is 39.5 Å². The van der Waals surface area contributed by atoms with Crippen LogP contribution in [0, 0.1) is 17.8 Å². The van der Waals surface area contributed by atoms with Crippen LogP contribution in [0.5, 0.6) is 0 Å². The van der Waals surface area contributed by atoms with Crippen molar-refractivity contribution in [2.45, 2.75) is 433 Å². The van der Waals surface area contributed by atoms with Crippen molar-refractivity contribution in [3.8, 4) is 0 Å². The van der Waals surface area contributed by atoms with E-state index in [-0.39, 0.29) is 25.7 Å². The van der Waals surface area contributed by atoms with Crippen LogP contribution >= 0.6 is 15.6 Å². The molecule has 0 aliphatic carbocycles. The maximum absolute atomic E-state index is 13.1. The fourth-order valence-corrected chi connectivity index (χ4v) is 13.9. The Morgan fingerprint density at radius 3 is 0.768 bits per heavy atom. The molecule has 0 aliphatic rings. The highest BCUT2D eigenvalue weighted by atomic mass is 31.2. The molecule has 99 heavy (non-hydrogen) atoms. The minimum atomic E-state index is -4.96. The largest absolute Gasteiger partial charge is 0.472 e. The molecule has 17 nitrogen and oxygen atoms in total. The minimum Gasteiger partial charge on any atom is -0.462 e. The first-order valence-corrected chi connectivity index (χ1v) is 44.4. The minimum absolute atomic E-state index is 0.104. The molecule has 0 fully saturated rings. The second-order valence-electron chi connectivity index (χ2n) is 30.0. The van der Waals surface area contributed by atoms with Crippen LogP contribution in [0.4, 0.5) is 0 Å². The summed E-state index contributed by atoms with van der Waals surface area (Å²) in [5.74, 6) is 0.151. The molecule has 19 heteroatoms. The van der Waals surface area contributed by atoms with Gasteiger partial charge in [-0.15, -0.1) is 0 Å². The van der Waals surface area contributed by atoms with Gasteiger partial charge in [0.05, 0.1) is 26.4 Å². The lowest BCUT2D eigenvalue weighted by atomic mass is 10.00. The number of phosphoric ester groups is 2. The number of carbonyl (C=O) groups is 4. The number of hydrogen-bond donors (Lipinski definition) is 3. The summed E-state index contributed by atoms with van der Waals surface area (Å²) in [4.78, 5) is 72.9. The van der Waals surface area contributed by atoms with E-state index in [1.807, 2.05) is 0 Å². The molecular weight excluding hydrogens is 1290 g/mol. The summed E-state index contributed by atoms with van der Waals surface area (Å²) < 4.78 is 68.6. The number of aliphatic hydroxyl groups is 1. The number of unbranched alkanes of at least 4 members (excludes halogenated alkanes) is 45. The quantitative estimate of drug-likeness (QED) is 0.0222. The van der Waals surface area contributed by atoms with Crippen LogP contribution in [0.1, 0.15) is 414 Å². The van der Waals surface area contributed by atoms with Gasteiger partial charge in [0.25, 0.3) is 0 Å². The van der Waals surface area contributed by atoms with E-state index in [1.165, 1.54) is 218 Å². The van der Waals surface area contributed by atoms with Gasteiger partial charge in [-0.2, -0.15) is 0 Å². The van der Waals surface area contributed by atoms with Crippen molar-refractivity contribution in [2.75, 3.05) is 39.6 Å². The molecule has 6 atom stereocenters. The van der Waals surface area contributed by atoms with E-state index < -0.39 is 97.5 Å². The van der Waals surface area contributed by atoms with E-state index in [2.05, 4.69) is 48.5 Å².